The molecule has 1 aromatic rings. The van der Waals surface area contributed by atoms with Gasteiger partial charge in [0.1, 0.15) is 12.6 Å². The number of amides is 1. The Bertz CT molecular complexity index is 468. The Hall–Kier alpha value is -1.57. The molecule has 0 spiro atoms. The Morgan fingerprint density at radius 3 is 2.55 bits per heavy atom. The molecule has 7 heteroatoms. The highest BCUT2D eigenvalue weighted by Crippen LogP contribution is 2.08. The van der Waals surface area contributed by atoms with Crippen molar-refractivity contribution >= 4 is 23.6 Å². The summed E-state index contributed by atoms with van der Waals surface area (Å²) < 4.78 is 5.20. The molecule has 1 aromatic carbocycles. The fourth-order valence-electron chi connectivity index (χ4n) is 1.62. The summed E-state index contributed by atoms with van der Waals surface area (Å²) in [5.41, 5.74) is 0.862. The zero-order chi connectivity index (χ0) is 16.4. The standard InChI is InChI=1S/C15H21NO5S/c1-11(18)16-14(10-22-9-13(19)7-17)15(20)21-8-12-5-3-2-4-6-12/h2-6,13-14,17,19H,7-10H2,1H3,(H,16,18)/t13-,14+/m1/s1. The van der Waals surface area contributed by atoms with E-state index in [2.05, 4.69) is 5.32 Å². The van der Waals surface area contributed by atoms with E-state index in [1.165, 1.54) is 18.7 Å². The van der Waals surface area contributed by atoms with Crippen molar-refractivity contribution < 1.29 is 24.5 Å². The van der Waals surface area contributed by atoms with E-state index in [4.69, 9.17) is 9.84 Å². The minimum absolute atomic E-state index is 0.139. The number of ether oxygens (including phenoxy) is 1. The summed E-state index contributed by atoms with van der Waals surface area (Å²) in [5.74, 6) is -0.307. The van der Waals surface area contributed by atoms with Crippen LogP contribution in [0, 0.1) is 0 Å². The number of carbonyl (C=O) groups excluding carboxylic acids is 2. The predicted octanol–water partition coefficient (Wildman–Crippen LogP) is 0.321. The molecule has 0 bridgehead atoms. The number of rotatable bonds is 9. The van der Waals surface area contributed by atoms with Gasteiger partial charge in [-0.25, -0.2) is 4.79 Å². The van der Waals surface area contributed by atoms with Crippen molar-refractivity contribution in [2.45, 2.75) is 25.7 Å². The second-order valence-electron chi connectivity index (χ2n) is 4.72. The minimum atomic E-state index is -0.844. The number of hydrogen-bond acceptors (Lipinski definition) is 6. The third kappa shape index (κ3) is 7.44. The average molecular weight is 327 g/mol. The lowest BCUT2D eigenvalue weighted by molar-refractivity contribution is -0.148. The number of benzene rings is 1. The molecule has 3 N–H and O–H groups in total. The number of thioether (sulfide) groups is 1. The highest BCUT2D eigenvalue weighted by atomic mass is 32.2. The van der Waals surface area contributed by atoms with Gasteiger partial charge in [-0.15, -0.1) is 0 Å². The van der Waals surface area contributed by atoms with E-state index < -0.39 is 18.1 Å². The minimum Gasteiger partial charge on any atom is -0.459 e. The Kier molecular flexibility index (Phi) is 8.57. The molecule has 1 amide bonds. The first kappa shape index (κ1) is 18.5. The predicted molar refractivity (Wildman–Crippen MR) is 84.3 cm³/mol. The van der Waals surface area contributed by atoms with Crippen LogP contribution in [0.1, 0.15) is 12.5 Å². The lowest BCUT2D eigenvalue weighted by Crippen LogP contribution is -2.42. The third-order valence-corrected chi connectivity index (χ3v) is 3.88. The van der Waals surface area contributed by atoms with E-state index in [-0.39, 0.29) is 30.6 Å². The first-order chi connectivity index (χ1) is 10.5. The van der Waals surface area contributed by atoms with Gasteiger partial charge in [-0.2, -0.15) is 11.8 Å². The molecule has 6 nitrogen and oxygen atoms in total. The Balaban J connectivity index is 2.47. The van der Waals surface area contributed by atoms with Crippen LogP contribution in [0.5, 0.6) is 0 Å². The van der Waals surface area contributed by atoms with Crippen molar-refractivity contribution in [1.82, 2.24) is 5.32 Å². The lowest BCUT2D eigenvalue weighted by atomic mass is 10.2. The van der Waals surface area contributed by atoms with E-state index in [0.29, 0.717) is 0 Å². The van der Waals surface area contributed by atoms with E-state index in [1.807, 2.05) is 30.3 Å². The van der Waals surface area contributed by atoms with Gasteiger partial charge < -0.3 is 20.3 Å². The summed E-state index contributed by atoms with van der Waals surface area (Å²) in [4.78, 5) is 23.2. The largest absolute Gasteiger partial charge is 0.459 e. The monoisotopic (exact) mass is 327 g/mol. The number of carbonyl (C=O) groups is 2. The van der Waals surface area contributed by atoms with Crippen molar-refractivity contribution in [2.24, 2.45) is 0 Å². The highest BCUT2D eigenvalue weighted by Gasteiger charge is 2.21. The fraction of sp³-hybridized carbons (Fsp3) is 0.467. The van der Waals surface area contributed by atoms with Crippen molar-refractivity contribution in [3.63, 3.8) is 0 Å². The molecule has 0 saturated carbocycles. The van der Waals surface area contributed by atoms with Gasteiger partial charge in [-0.3, -0.25) is 4.79 Å². The molecule has 0 heterocycles. The molecule has 0 unspecified atom stereocenters. The fourth-order valence-corrected chi connectivity index (χ4v) is 2.59. The van der Waals surface area contributed by atoms with Gasteiger partial charge in [0.05, 0.1) is 12.7 Å². The quantitative estimate of drug-likeness (QED) is 0.565. The molecule has 0 aliphatic rings. The van der Waals surface area contributed by atoms with Crippen LogP contribution < -0.4 is 5.32 Å². The number of nitrogens with one attached hydrogen (secondary N) is 1. The summed E-state index contributed by atoms with van der Waals surface area (Å²) in [6.07, 6.45) is -0.844. The van der Waals surface area contributed by atoms with Crippen LogP contribution in [0.15, 0.2) is 30.3 Å². The smallest absolute Gasteiger partial charge is 0.329 e. The van der Waals surface area contributed by atoms with Gasteiger partial charge in [0.15, 0.2) is 0 Å². The first-order valence-electron chi connectivity index (χ1n) is 6.87. The van der Waals surface area contributed by atoms with Crippen LogP contribution in [-0.4, -0.2) is 52.3 Å². The van der Waals surface area contributed by atoms with Gasteiger partial charge in [0, 0.05) is 18.4 Å². The van der Waals surface area contributed by atoms with Crippen LogP contribution in [-0.2, 0) is 20.9 Å². The van der Waals surface area contributed by atoms with Gasteiger partial charge >= 0.3 is 5.97 Å². The van der Waals surface area contributed by atoms with Crippen molar-refractivity contribution in [1.29, 1.82) is 0 Å². The maximum absolute atomic E-state index is 12.0. The lowest BCUT2D eigenvalue weighted by Gasteiger charge is -2.17. The SMILES string of the molecule is CC(=O)N[C@@H](CSC[C@H](O)CO)C(=O)OCc1ccccc1. The normalized spacial score (nSPS) is 13.2. The molecule has 0 aliphatic heterocycles. The maximum Gasteiger partial charge on any atom is 0.329 e. The molecule has 0 radical (unpaired) electrons. The molecule has 2 atom stereocenters. The topological polar surface area (TPSA) is 95.9 Å². The van der Waals surface area contributed by atoms with Gasteiger partial charge in [0.25, 0.3) is 0 Å². The van der Waals surface area contributed by atoms with Crippen LogP contribution in [0.25, 0.3) is 0 Å². The summed E-state index contributed by atoms with van der Waals surface area (Å²) >= 11 is 1.26. The second-order valence-corrected chi connectivity index (χ2v) is 5.80. The summed E-state index contributed by atoms with van der Waals surface area (Å²) in [6, 6.07) is 8.47. The molecule has 1 rings (SSSR count). The molecule has 0 saturated heterocycles. The molecule has 0 aromatic heterocycles. The Morgan fingerprint density at radius 2 is 1.95 bits per heavy atom. The van der Waals surface area contributed by atoms with Crippen molar-refractivity contribution in [3.05, 3.63) is 35.9 Å². The zero-order valence-corrected chi connectivity index (χ0v) is 13.2. The van der Waals surface area contributed by atoms with E-state index in [1.54, 1.807) is 0 Å². The van der Waals surface area contributed by atoms with Crippen LogP contribution in [0.3, 0.4) is 0 Å². The summed E-state index contributed by atoms with van der Waals surface area (Å²) in [7, 11) is 0. The Labute approximate surface area is 133 Å². The highest BCUT2D eigenvalue weighted by molar-refractivity contribution is 7.99. The van der Waals surface area contributed by atoms with Crippen LogP contribution in [0.2, 0.25) is 0 Å². The number of aliphatic hydroxyl groups excluding tert-OH is 2. The van der Waals surface area contributed by atoms with Crippen LogP contribution in [0.4, 0.5) is 0 Å². The number of hydrogen-bond donors (Lipinski definition) is 3. The van der Waals surface area contributed by atoms with E-state index in [9.17, 15) is 14.7 Å². The molecule has 0 aliphatic carbocycles. The molecular formula is C15H21NO5S. The van der Waals surface area contributed by atoms with Crippen molar-refractivity contribution in [2.75, 3.05) is 18.1 Å². The molecule has 22 heavy (non-hydrogen) atoms. The van der Waals surface area contributed by atoms with Gasteiger partial charge in [-0.05, 0) is 5.56 Å². The van der Waals surface area contributed by atoms with Crippen LogP contribution >= 0.6 is 11.8 Å². The number of esters is 1. The third-order valence-electron chi connectivity index (χ3n) is 2.69. The van der Waals surface area contributed by atoms with E-state index in [0.717, 1.165) is 5.56 Å². The Morgan fingerprint density at radius 1 is 1.27 bits per heavy atom. The summed E-state index contributed by atoms with van der Waals surface area (Å²) in [5, 5.41) is 20.5. The second kappa shape index (κ2) is 10.2. The van der Waals surface area contributed by atoms with Crippen molar-refractivity contribution in [3.8, 4) is 0 Å². The van der Waals surface area contributed by atoms with Gasteiger partial charge in [-0.1, -0.05) is 30.3 Å². The maximum atomic E-state index is 12.0. The average Bonchev–Trinajstić information content (AvgIpc) is 2.52. The van der Waals surface area contributed by atoms with E-state index >= 15 is 0 Å². The summed E-state index contributed by atoms with van der Waals surface area (Å²) in [6.45, 7) is 1.13. The first-order valence-corrected chi connectivity index (χ1v) is 8.02. The molecular weight excluding hydrogens is 306 g/mol. The van der Waals surface area contributed by atoms with Gasteiger partial charge in [0.2, 0.25) is 5.91 Å². The zero-order valence-electron chi connectivity index (χ0n) is 12.4. The molecule has 0 fully saturated rings. The molecule has 122 valence electrons. The number of aliphatic hydroxyl groups is 2.